The van der Waals surface area contributed by atoms with Gasteiger partial charge in [-0.25, -0.2) is 9.97 Å². The largest absolute Gasteiger partial charge is 0.366 e. The van der Waals surface area contributed by atoms with E-state index in [0.29, 0.717) is 0 Å². The Morgan fingerprint density at radius 1 is 0.962 bits per heavy atom. The number of hydrogen-bond donors (Lipinski definition) is 1. The number of pyridine rings is 1. The fraction of sp³-hybridized carbons (Fsp3) is 0.286. The lowest BCUT2D eigenvalue weighted by Gasteiger charge is -2.19. The summed E-state index contributed by atoms with van der Waals surface area (Å²) in [7, 11) is 2.06. The van der Waals surface area contributed by atoms with E-state index in [1.807, 2.05) is 37.5 Å². The average molecular weight is 347 g/mol. The molecule has 0 saturated carbocycles. The highest BCUT2D eigenvalue weighted by atomic mass is 15.2. The van der Waals surface area contributed by atoms with Crippen LogP contribution in [0.1, 0.15) is 22.5 Å². The lowest BCUT2D eigenvalue weighted by Crippen LogP contribution is -2.22. The molecule has 0 aliphatic heterocycles. The smallest absolute Gasteiger partial charge is 0.134 e. The standard InChI is InChI=1S/C21H25N5/c1-16-5-4-6-19(13-16)15-23-20-14-21(25-17(2)24-20)26(3)12-9-18-7-10-22-11-8-18/h4-8,10-11,13-14H,9,12,15H2,1-3H3,(H,23,24,25). The van der Waals surface area contributed by atoms with Crippen LogP contribution < -0.4 is 10.2 Å². The molecule has 0 unspecified atom stereocenters. The fourth-order valence-corrected chi connectivity index (χ4v) is 2.81. The number of aryl methyl sites for hydroxylation is 2. The van der Waals surface area contributed by atoms with Gasteiger partial charge in [0.25, 0.3) is 0 Å². The van der Waals surface area contributed by atoms with Crippen LogP contribution in [0.15, 0.2) is 54.9 Å². The number of anilines is 2. The van der Waals surface area contributed by atoms with Crippen LogP contribution in [0.25, 0.3) is 0 Å². The van der Waals surface area contributed by atoms with Gasteiger partial charge in [0.05, 0.1) is 0 Å². The third-order valence-electron chi connectivity index (χ3n) is 4.26. The molecule has 26 heavy (non-hydrogen) atoms. The van der Waals surface area contributed by atoms with Gasteiger partial charge >= 0.3 is 0 Å². The Labute approximate surface area is 155 Å². The molecule has 3 aromatic rings. The Hall–Kier alpha value is -2.95. The maximum atomic E-state index is 4.58. The van der Waals surface area contributed by atoms with E-state index in [0.717, 1.165) is 37.0 Å². The van der Waals surface area contributed by atoms with Crippen molar-refractivity contribution in [2.75, 3.05) is 23.8 Å². The Morgan fingerprint density at radius 3 is 2.54 bits per heavy atom. The van der Waals surface area contributed by atoms with Crippen LogP contribution in [0.4, 0.5) is 11.6 Å². The minimum atomic E-state index is 0.748. The molecule has 0 aliphatic rings. The number of benzene rings is 1. The van der Waals surface area contributed by atoms with Crippen LogP contribution >= 0.6 is 0 Å². The van der Waals surface area contributed by atoms with Gasteiger partial charge in [0.2, 0.25) is 0 Å². The zero-order chi connectivity index (χ0) is 18.4. The molecule has 0 fully saturated rings. The zero-order valence-corrected chi connectivity index (χ0v) is 15.6. The Morgan fingerprint density at radius 2 is 1.77 bits per heavy atom. The van der Waals surface area contributed by atoms with E-state index in [2.05, 4.69) is 63.4 Å². The highest BCUT2D eigenvalue weighted by Gasteiger charge is 2.07. The maximum absolute atomic E-state index is 4.58. The molecule has 3 rings (SSSR count). The highest BCUT2D eigenvalue weighted by Crippen LogP contribution is 2.16. The molecule has 1 N–H and O–H groups in total. The number of likely N-dealkylation sites (N-methyl/N-ethyl adjacent to an activating group) is 1. The first kappa shape index (κ1) is 17.9. The van der Waals surface area contributed by atoms with Crippen molar-refractivity contribution in [2.45, 2.75) is 26.8 Å². The minimum absolute atomic E-state index is 0.748. The number of aromatic nitrogens is 3. The van der Waals surface area contributed by atoms with Gasteiger partial charge in [-0.3, -0.25) is 4.98 Å². The van der Waals surface area contributed by atoms with Gasteiger partial charge in [0, 0.05) is 38.6 Å². The van der Waals surface area contributed by atoms with Crippen LogP contribution in [0.3, 0.4) is 0 Å². The molecule has 5 heteroatoms. The molecule has 5 nitrogen and oxygen atoms in total. The van der Waals surface area contributed by atoms with Gasteiger partial charge in [-0.15, -0.1) is 0 Å². The molecule has 0 bridgehead atoms. The Kier molecular flexibility index (Phi) is 5.79. The second-order valence-electron chi connectivity index (χ2n) is 6.53. The van der Waals surface area contributed by atoms with Crippen molar-refractivity contribution in [3.05, 3.63) is 77.4 Å². The van der Waals surface area contributed by atoms with Gasteiger partial charge in [-0.05, 0) is 43.5 Å². The summed E-state index contributed by atoms with van der Waals surface area (Å²) in [5.41, 5.74) is 3.78. The first-order valence-corrected chi connectivity index (χ1v) is 8.85. The highest BCUT2D eigenvalue weighted by molar-refractivity contribution is 5.49. The van der Waals surface area contributed by atoms with Gasteiger partial charge in [0.1, 0.15) is 17.5 Å². The predicted octanol–water partition coefficient (Wildman–Crippen LogP) is 3.78. The molecule has 2 heterocycles. The Balaban J connectivity index is 1.64. The van der Waals surface area contributed by atoms with Gasteiger partial charge < -0.3 is 10.2 Å². The summed E-state index contributed by atoms with van der Waals surface area (Å²) in [6.45, 7) is 5.67. The molecule has 134 valence electrons. The van der Waals surface area contributed by atoms with Crippen molar-refractivity contribution < 1.29 is 0 Å². The number of nitrogens with zero attached hydrogens (tertiary/aromatic N) is 4. The molecule has 0 aliphatic carbocycles. The third kappa shape index (κ3) is 5.02. The van der Waals surface area contributed by atoms with E-state index in [9.17, 15) is 0 Å². The van der Waals surface area contributed by atoms with Crippen molar-refractivity contribution in [3.8, 4) is 0 Å². The molecular formula is C21H25N5. The Bertz CT molecular complexity index is 848. The van der Waals surface area contributed by atoms with Crippen molar-refractivity contribution in [2.24, 2.45) is 0 Å². The van der Waals surface area contributed by atoms with E-state index >= 15 is 0 Å². The van der Waals surface area contributed by atoms with Gasteiger partial charge in [0.15, 0.2) is 0 Å². The lowest BCUT2D eigenvalue weighted by molar-refractivity contribution is 0.847. The van der Waals surface area contributed by atoms with Crippen molar-refractivity contribution in [1.82, 2.24) is 15.0 Å². The van der Waals surface area contributed by atoms with E-state index in [-0.39, 0.29) is 0 Å². The molecule has 0 spiro atoms. The summed E-state index contributed by atoms with van der Waals surface area (Å²) in [5.74, 6) is 2.55. The van der Waals surface area contributed by atoms with Gasteiger partial charge in [-0.1, -0.05) is 29.8 Å². The number of nitrogens with one attached hydrogen (secondary N) is 1. The summed E-state index contributed by atoms with van der Waals surface area (Å²) in [6.07, 6.45) is 4.61. The number of rotatable bonds is 7. The van der Waals surface area contributed by atoms with Gasteiger partial charge in [-0.2, -0.15) is 0 Å². The van der Waals surface area contributed by atoms with Crippen molar-refractivity contribution >= 4 is 11.6 Å². The molecule has 0 atom stereocenters. The van der Waals surface area contributed by atoms with Crippen molar-refractivity contribution in [3.63, 3.8) is 0 Å². The van der Waals surface area contributed by atoms with Crippen LogP contribution in [0, 0.1) is 13.8 Å². The minimum Gasteiger partial charge on any atom is -0.366 e. The van der Waals surface area contributed by atoms with Crippen molar-refractivity contribution in [1.29, 1.82) is 0 Å². The SMILES string of the molecule is Cc1cccc(CNc2cc(N(C)CCc3ccncc3)nc(C)n2)c1. The zero-order valence-electron chi connectivity index (χ0n) is 15.6. The molecule has 0 radical (unpaired) electrons. The quantitative estimate of drug-likeness (QED) is 0.705. The van der Waals surface area contributed by atoms with E-state index < -0.39 is 0 Å². The molecular weight excluding hydrogens is 322 g/mol. The monoisotopic (exact) mass is 347 g/mol. The van der Waals surface area contributed by atoms with Crippen LogP contribution in [0.2, 0.25) is 0 Å². The third-order valence-corrected chi connectivity index (χ3v) is 4.26. The summed E-state index contributed by atoms with van der Waals surface area (Å²) in [6, 6.07) is 14.6. The summed E-state index contributed by atoms with van der Waals surface area (Å²) in [4.78, 5) is 15.3. The first-order chi connectivity index (χ1) is 12.6. The molecule has 0 saturated heterocycles. The number of hydrogen-bond acceptors (Lipinski definition) is 5. The lowest BCUT2D eigenvalue weighted by atomic mass is 10.1. The molecule has 0 amide bonds. The van der Waals surface area contributed by atoms with E-state index in [1.165, 1.54) is 16.7 Å². The second-order valence-corrected chi connectivity index (χ2v) is 6.53. The second kappa shape index (κ2) is 8.43. The topological polar surface area (TPSA) is 53.9 Å². The van der Waals surface area contributed by atoms with E-state index in [4.69, 9.17) is 0 Å². The fourth-order valence-electron chi connectivity index (χ4n) is 2.81. The summed E-state index contributed by atoms with van der Waals surface area (Å²) in [5, 5.41) is 3.41. The maximum Gasteiger partial charge on any atom is 0.134 e. The summed E-state index contributed by atoms with van der Waals surface area (Å²) >= 11 is 0. The predicted molar refractivity (Wildman–Crippen MR) is 106 cm³/mol. The normalized spacial score (nSPS) is 10.6. The molecule has 2 aromatic heterocycles. The van der Waals surface area contributed by atoms with E-state index in [1.54, 1.807) is 0 Å². The molecule has 1 aromatic carbocycles. The van der Waals surface area contributed by atoms with Crippen LogP contribution in [-0.2, 0) is 13.0 Å². The average Bonchev–Trinajstić information content (AvgIpc) is 2.65. The van der Waals surface area contributed by atoms with Crippen LogP contribution in [0.5, 0.6) is 0 Å². The van der Waals surface area contributed by atoms with Crippen LogP contribution in [-0.4, -0.2) is 28.5 Å². The summed E-state index contributed by atoms with van der Waals surface area (Å²) < 4.78 is 0. The first-order valence-electron chi connectivity index (χ1n) is 8.85.